The summed E-state index contributed by atoms with van der Waals surface area (Å²) in [4.78, 5) is 1.28. The van der Waals surface area contributed by atoms with E-state index in [0.29, 0.717) is 0 Å². The summed E-state index contributed by atoms with van der Waals surface area (Å²) in [5.74, 6) is 1.95. The Labute approximate surface area is 129 Å². The van der Waals surface area contributed by atoms with E-state index in [-0.39, 0.29) is 6.04 Å². The van der Waals surface area contributed by atoms with E-state index in [1.54, 1.807) is 0 Å². The molecule has 2 nitrogen and oxygen atoms in total. The van der Waals surface area contributed by atoms with E-state index in [2.05, 4.69) is 54.7 Å². The predicted octanol–water partition coefficient (Wildman–Crippen LogP) is 4.79. The molecule has 0 fully saturated rings. The number of nitrogens with one attached hydrogen (secondary N) is 1. The molecule has 0 bridgehead atoms. The molecule has 0 radical (unpaired) electrons. The number of furan rings is 1. The minimum absolute atomic E-state index is 0.211. The minimum atomic E-state index is 0.211. The summed E-state index contributed by atoms with van der Waals surface area (Å²) in [5.41, 5.74) is 2.22. The quantitative estimate of drug-likeness (QED) is 0.685. The summed E-state index contributed by atoms with van der Waals surface area (Å²) in [5, 5.41) is 4.53. The van der Waals surface area contributed by atoms with E-state index in [0.717, 1.165) is 17.1 Å². The molecule has 3 aromatic rings. The monoisotopic (exact) mass is 297 g/mol. The van der Waals surface area contributed by atoms with Crippen LogP contribution in [0.5, 0.6) is 0 Å². The van der Waals surface area contributed by atoms with Crippen molar-refractivity contribution in [3.05, 3.63) is 65.9 Å². The lowest BCUT2D eigenvalue weighted by atomic mass is 10.1. The van der Waals surface area contributed by atoms with Gasteiger partial charge in [-0.1, -0.05) is 29.8 Å². The van der Waals surface area contributed by atoms with Crippen molar-refractivity contribution in [1.82, 2.24) is 5.32 Å². The van der Waals surface area contributed by atoms with Crippen LogP contribution in [-0.2, 0) is 0 Å². The van der Waals surface area contributed by atoms with Crippen LogP contribution in [-0.4, -0.2) is 12.8 Å². The van der Waals surface area contributed by atoms with Crippen LogP contribution in [0.25, 0.3) is 11.0 Å². The highest BCUT2D eigenvalue weighted by molar-refractivity contribution is 7.99. The van der Waals surface area contributed by atoms with E-state index in [9.17, 15) is 0 Å². The van der Waals surface area contributed by atoms with Crippen LogP contribution in [0.15, 0.2) is 63.9 Å². The zero-order valence-electron chi connectivity index (χ0n) is 12.3. The maximum absolute atomic E-state index is 5.99. The van der Waals surface area contributed by atoms with Crippen molar-refractivity contribution in [2.24, 2.45) is 0 Å². The van der Waals surface area contributed by atoms with Crippen LogP contribution in [0.4, 0.5) is 0 Å². The molecule has 108 valence electrons. The number of fused-ring (bicyclic) bond motifs is 1. The Balaban J connectivity index is 1.78. The second-order valence-electron chi connectivity index (χ2n) is 5.16. The topological polar surface area (TPSA) is 25.2 Å². The van der Waals surface area contributed by atoms with Crippen LogP contribution >= 0.6 is 11.8 Å². The molecule has 0 aliphatic heterocycles. The van der Waals surface area contributed by atoms with E-state index >= 15 is 0 Å². The average Bonchev–Trinajstić information content (AvgIpc) is 2.92. The number of hydrogen-bond acceptors (Lipinski definition) is 3. The maximum atomic E-state index is 5.99. The normalized spacial score (nSPS) is 12.7. The third-order valence-corrected chi connectivity index (χ3v) is 4.65. The van der Waals surface area contributed by atoms with Gasteiger partial charge in [0.1, 0.15) is 11.3 Å². The Morgan fingerprint density at radius 1 is 1.10 bits per heavy atom. The molecule has 0 aliphatic rings. The van der Waals surface area contributed by atoms with Gasteiger partial charge in [-0.05, 0) is 44.3 Å². The van der Waals surface area contributed by atoms with Crippen LogP contribution in [0.3, 0.4) is 0 Å². The summed E-state index contributed by atoms with van der Waals surface area (Å²) < 4.78 is 5.99. The SMILES string of the molecule is CNC(CSc1ccccc1)c1cc2cc(C)ccc2o1. The van der Waals surface area contributed by atoms with Gasteiger partial charge in [0.05, 0.1) is 6.04 Å². The van der Waals surface area contributed by atoms with Gasteiger partial charge in [-0.15, -0.1) is 11.8 Å². The fraction of sp³-hybridized carbons (Fsp3) is 0.222. The van der Waals surface area contributed by atoms with E-state index < -0.39 is 0 Å². The molecule has 3 heteroatoms. The molecule has 1 unspecified atom stereocenters. The van der Waals surface area contributed by atoms with E-state index in [4.69, 9.17) is 4.42 Å². The number of hydrogen-bond donors (Lipinski definition) is 1. The Bertz CT molecular complexity index is 720. The molecule has 0 saturated heterocycles. The molecule has 3 rings (SSSR count). The van der Waals surface area contributed by atoms with Crippen LogP contribution in [0.1, 0.15) is 17.4 Å². The summed E-state index contributed by atoms with van der Waals surface area (Å²) in [6, 6.07) is 19.1. The van der Waals surface area contributed by atoms with Crippen molar-refractivity contribution in [3.63, 3.8) is 0 Å². The number of aryl methyl sites for hydroxylation is 1. The van der Waals surface area contributed by atoms with E-state index in [1.807, 2.05) is 30.9 Å². The van der Waals surface area contributed by atoms with Gasteiger partial charge in [0.25, 0.3) is 0 Å². The fourth-order valence-corrected chi connectivity index (χ4v) is 3.40. The first kappa shape index (κ1) is 14.2. The lowest BCUT2D eigenvalue weighted by Crippen LogP contribution is -2.17. The Morgan fingerprint density at radius 3 is 2.67 bits per heavy atom. The number of benzene rings is 2. The highest BCUT2D eigenvalue weighted by Gasteiger charge is 2.15. The standard InChI is InChI=1S/C18H19NOS/c1-13-8-9-17-14(10-13)11-18(20-17)16(19-2)12-21-15-6-4-3-5-7-15/h3-11,16,19H,12H2,1-2H3. The lowest BCUT2D eigenvalue weighted by molar-refractivity contribution is 0.479. The maximum Gasteiger partial charge on any atom is 0.134 e. The molecular formula is C18H19NOS. The largest absolute Gasteiger partial charge is 0.459 e. The molecule has 1 heterocycles. The van der Waals surface area contributed by atoms with Gasteiger partial charge in [0.15, 0.2) is 0 Å². The number of rotatable bonds is 5. The molecule has 1 N–H and O–H groups in total. The zero-order valence-corrected chi connectivity index (χ0v) is 13.1. The smallest absolute Gasteiger partial charge is 0.134 e. The first-order chi connectivity index (χ1) is 10.3. The Hall–Kier alpha value is -1.71. The summed E-state index contributed by atoms with van der Waals surface area (Å²) in [6.07, 6.45) is 0. The average molecular weight is 297 g/mol. The summed E-state index contributed by atoms with van der Waals surface area (Å²) in [6.45, 7) is 2.10. The fourth-order valence-electron chi connectivity index (χ4n) is 2.36. The zero-order chi connectivity index (χ0) is 14.7. The first-order valence-electron chi connectivity index (χ1n) is 7.11. The van der Waals surface area contributed by atoms with Crippen LogP contribution in [0, 0.1) is 6.92 Å². The molecule has 2 aromatic carbocycles. The van der Waals surface area contributed by atoms with Crippen molar-refractivity contribution in [2.75, 3.05) is 12.8 Å². The molecule has 21 heavy (non-hydrogen) atoms. The number of thioether (sulfide) groups is 1. The second kappa shape index (κ2) is 6.37. The third-order valence-electron chi connectivity index (χ3n) is 3.54. The first-order valence-corrected chi connectivity index (χ1v) is 8.10. The Morgan fingerprint density at radius 2 is 1.90 bits per heavy atom. The van der Waals surface area contributed by atoms with Gasteiger partial charge in [0.2, 0.25) is 0 Å². The summed E-state index contributed by atoms with van der Waals surface area (Å²) >= 11 is 1.84. The summed E-state index contributed by atoms with van der Waals surface area (Å²) in [7, 11) is 1.98. The van der Waals surface area contributed by atoms with Gasteiger partial charge in [-0.2, -0.15) is 0 Å². The molecule has 0 aliphatic carbocycles. The second-order valence-corrected chi connectivity index (χ2v) is 6.25. The highest BCUT2D eigenvalue weighted by Crippen LogP contribution is 2.29. The molecule has 0 spiro atoms. The van der Waals surface area contributed by atoms with Crippen LogP contribution < -0.4 is 5.32 Å². The lowest BCUT2D eigenvalue weighted by Gasteiger charge is -2.12. The van der Waals surface area contributed by atoms with Gasteiger partial charge < -0.3 is 9.73 Å². The van der Waals surface area contributed by atoms with Crippen molar-refractivity contribution in [1.29, 1.82) is 0 Å². The minimum Gasteiger partial charge on any atom is -0.459 e. The Kier molecular flexibility index (Phi) is 4.32. The van der Waals surface area contributed by atoms with Crippen molar-refractivity contribution < 1.29 is 4.42 Å². The van der Waals surface area contributed by atoms with E-state index in [1.165, 1.54) is 15.8 Å². The van der Waals surface area contributed by atoms with Crippen molar-refractivity contribution in [2.45, 2.75) is 17.9 Å². The van der Waals surface area contributed by atoms with Gasteiger partial charge in [0, 0.05) is 16.0 Å². The van der Waals surface area contributed by atoms with Crippen molar-refractivity contribution in [3.8, 4) is 0 Å². The molecule has 0 amide bonds. The van der Waals surface area contributed by atoms with Gasteiger partial charge in [-0.25, -0.2) is 0 Å². The molecular weight excluding hydrogens is 278 g/mol. The molecule has 1 atom stereocenters. The molecule has 1 aromatic heterocycles. The third kappa shape index (κ3) is 3.31. The predicted molar refractivity (Wildman–Crippen MR) is 89.9 cm³/mol. The molecule has 0 saturated carbocycles. The van der Waals surface area contributed by atoms with Gasteiger partial charge >= 0.3 is 0 Å². The van der Waals surface area contributed by atoms with Crippen molar-refractivity contribution >= 4 is 22.7 Å². The highest BCUT2D eigenvalue weighted by atomic mass is 32.2. The van der Waals surface area contributed by atoms with Gasteiger partial charge in [-0.3, -0.25) is 0 Å². The van der Waals surface area contributed by atoms with Crippen LogP contribution in [0.2, 0.25) is 0 Å².